The van der Waals surface area contributed by atoms with E-state index in [2.05, 4.69) is 6.92 Å². The van der Waals surface area contributed by atoms with Crippen molar-refractivity contribution in [3.63, 3.8) is 0 Å². The Hall–Kier alpha value is -3.85. The number of nitrogens with zero attached hydrogens (tertiary/aromatic N) is 2. The van der Waals surface area contributed by atoms with Crippen molar-refractivity contribution in [2.45, 2.75) is 52.4 Å². The maximum Gasteiger partial charge on any atom is 0.271 e. The molecule has 0 saturated carbocycles. The molecule has 2 amide bonds. The third kappa shape index (κ3) is 6.85. The van der Waals surface area contributed by atoms with Gasteiger partial charge in [-0.3, -0.25) is 14.5 Å². The van der Waals surface area contributed by atoms with E-state index in [4.69, 9.17) is 9.47 Å². The van der Waals surface area contributed by atoms with Gasteiger partial charge in [0.1, 0.15) is 23.1 Å². The quantitative estimate of drug-likeness (QED) is 0.213. The summed E-state index contributed by atoms with van der Waals surface area (Å²) in [6.07, 6.45) is 8.13. The van der Waals surface area contributed by atoms with Gasteiger partial charge < -0.3 is 9.47 Å². The van der Waals surface area contributed by atoms with Crippen LogP contribution in [0.1, 0.15) is 57.1 Å². The topological polar surface area (TPSA) is 79.6 Å². The van der Waals surface area contributed by atoms with E-state index < -0.39 is 11.8 Å². The van der Waals surface area contributed by atoms with E-state index in [-0.39, 0.29) is 12.1 Å². The summed E-state index contributed by atoms with van der Waals surface area (Å²) in [6, 6.07) is 17.0. The first-order chi connectivity index (χ1) is 17.5. The molecule has 1 aliphatic rings. The number of carbonyl (C=O) groups is 2. The molecule has 0 fully saturated rings. The Labute approximate surface area is 213 Å². The second-order valence-corrected chi connectivity index (χ2v) is 8.86. The minimum absolute atomic E-state index is 0.00129. The highest BCUT2D eigenvalue weighted by molar-refractivity contribution is 6.19. The summed E-state index contributed by atoms with van der Waals surface area (Å²) in [7, 11) is 1.60. The van der Waals surface area contributed by atoms with Crippen molar-refractivity contribution < 1.29 is 19.1 Å². The molecule has 0 unspecified atom stereocenters. The van der Waals surface area contributed by atoms with Gasteiger partial charge >= 0.3 is 0 Å². The summed E-state index contributed by atoms with van der Waals surface area (Å²) in [5, 5.41) is 9.63. The van der Waals surface area contributed by atoms with Gasteiger partial charge in [-0.05, 0) is 66.8 Å². The fraction of sp³-hybridized carbons (Fsp3) is 0.367. The van der Waals surface area contributed by atoms with E-state index in [9.17, 15) is 14.9 Å². The maximum absolute atomic E-state index is 13.3. The lowest BCUT2D eigenvalue weighted by atomic mass is 9.93. The van der Waals surface area contributed by atoms with Crippen LogP contribution in [-0.2, 0) is 16.0 Å². The van der Waals surface area contributed by atoms with Crippen molar-refractivity contribution in [3.8, 4) is 17.6 Å². The van der Waals surface area contributed by atoms with Crippen LogP contribution in [0.4, 0.5) is 0 Å². The number of amides is 2. The molecule has 0 bridgehead atoms. The van der Waals surface area contributed by atoms with E-state index in [1.807, 2.05) is 54.6 Å². The summed E-state index contributed by atoms with van der Waals surface area (Å²) in [5.74, 6) is 0.581. The second-order valence-electron chi connectivity index (χ2n) is 8.86. The van der Waals surface area contributed by atoms with Crippen LogP contribution in [0.2, 0.25) is 0 Å². The molecule has 0 aliphatic carbocycles. The molecule has 0 saturated heterocycles. The van der Waals surface area contributed by atoms with Crippen LogP contribution >= 0.6 is 0 Å². The molecule has 1 aliphatic heterocycles. The molecule has 2 aromatic carbocycles. The predicted octanol–water partition coefficient (Wildman–Crippen LogP) is 5.88. The Morgan fingerprint density at radius 2 is 1.58 bits per heavy atom. The molecular formula is C30H34N2O4. The van der Waals surface area contributed by atoms with Gasteiger partial charge in [0.25, 0.3) is 11.8 Å². The zero-order valence-electron chi connectivity index (χ0n) is 21.4. The van der Waals surface area contributed by atoms with Gasteiger partial charge in [-0.1, -0.05) is 56.9 Å². The van der Waals surface area contributed by atoms with Crippen LogP contribution in [0, 0.1) is 11.3 Å². The smallest absolute Gasteiger partial charge is 0.271 e. The van der Waals surface area contributed by atoms with Crippen LogP contribution in [0.25, 0.3) is 6.08 Å². The van der Waals surface area contributed by atoms with E-state index in [1.165, 1.54) is 25.7 Å². The Morgan fingerprint density at radius 3 is 2.22 bits per heavy atom. The lowest BCUT2D eigenvalue weighted by molar-refractivity contribution is -0.140. The van der Waals surface area contributed by atoms with E-state index in [1.54, 1.807) is 20.1 Å². The number of hydrogen-bond acceptors (Lipinski definition) is 5. The van der Waals surface area contributed by atoms with Crippen LogP contribution in [0.3, 0.4) is 0 Å². The highest BCUT2D eigenvalue weighted by atomic mass is 16.5. The largest absolute Gasteiger partial charge is 0.497 e. The maximum atomic E-state index is 13.3. The Bertz CT molecular complexity index is 1150. The van der Waals surface area contributed by atoms with E-state index in [0.717, 1.165) is 33.9 Å². The summed E-state index contributed by atoms with van der Waals surface area (Å²) in [5.41, 5.74) is 2.52. The molecule has 0 N–H and O–H groups in total. The fourth-order valence-corrected chi connectivity index (χ4v) is 4.09. The van der Waals surface area contributed by atoms with Crippen LogP contribution in [0.5, 0.6) is 11.5 Å². The monoisotopic (exact) mass is 486 g/mol. The van der Waals surface area contributed by atoms with Crippen LogP contribution in [0.15, 0.2) is 65.3 Å². The number of methoxy groups -OCH3 is 1. The van der Waals surface area contributed by atoms with Gasteiger partial charge in [0, 0.05) is 12.1 Å². The van der Waals surface area contributed by atoms with Crippen molar-refractivity contribution in [3.05, 3.63) is 76.4 Å². The summed E-state index contributed by atoms with van der Waals surface area (Å²) >= 11 is 0. The fourth-order valence-electron chi connectivity index (χ4n) is 4.09. The number of rotatable bonds is 12. The summed E-state index contributed by atoms with van der Waals surface area (Å²) in [4.78, 5) is 27.3. The van der Waals surface area contributed by atoms with Crippen molar-refractivity contribution >= 4 is 17.9 Å². The summed E-state index contributed by atoms with van der Waals surface area (Å²) < 4.78 is 11.0. The first-order valence-corrected chi connectivity index (χ1v) is 12.5. The molecule has 0 aromatic heterocycles. The van der Waals surface area contributed by atoms with Crippen molar-refractivity contribution in [1.29, 1.82) is 5.26 Å². The van der Waals surface area contributed by atoms with Crippen LogP contribution < -0.4 is 9.47 Å². The third-order valence-electron chi connectivity index (χ3n) is 6.32. The van der Waals surface area contributed by atoms with E-state index >= 15 is 0 Å². The lowest BCUT2D eigenvalue weighted by Gasteiger charge is -2.27. The molecule has 2 aromatic rings. The zero-order chi connectivity index (χ0) is 25.9. The molecule has 0 radical (unpaired) electrons. The summed E-state index contributed by atoms with van der Waals surface area (Å²) in [6.45, 7) is 4.72. The van der Waals surface area contributed by atoms with Gasteiger partial charge in [0.15, 0.2) is 0 Å². The number of carbonyl (C=O) groups excluding carboxylic acids is 2. The molecule has 6 nitrogen and oxygen atoms in total. The van der Waals surface area contributed by atoms with Gasteiger partial charge in [0.2, 0.25) is 0 Å². The normalized spacial score (nSPS) is 14.8. The average Bonchev–Trinajstić information content (AvgIpc) is 2.90. The molecule has 0 atom stereocenters. The van der Waals surface area contributed by atoms with Gasteiger partial charge in [0.05, 0.1) is 13.7 Å². The number of benzene rings is 2. The Morgan fingerprint density at radius 1 is 0.917 bits per heavy atom. The van der Waals surface area contributed by atoms with Crippen molar-refractivity contribution in [2.75, 3.05) is 20.3 Å². The Balaban J connectivity index is 1.71. The molecule has 188 valence electrons. The highest BCUT2D eigenvalue weighted by Gasteiger charge is 2.35. The predicted molar refractivity (Wildman–Crippen MR) is 140 cm³/mol. The number of ether oxygens (including phenoxy) is 2. The molecular weight excluding hydrogens is 452 g/mol. The molecule has 6 heteroatoms. The number of unbranched alkanes of at least 4 members (excludes halogenated alkanes) is 4. The van der Waals surface area contributed by atoms with Gasteiger partial charge in [-0.25, -0.2) is 0 Å². The van der Waals surface area contributed by atoms with E-state index in [0.29, 0.717) is 24.2 Å². The minimum atomic E-state index is -0.548. The average molecular weight is 487 g/mol. The number of hydrogen-bond donors (Lipinski definition) is 0. The van der Waals surface area contributed by atoms with Crippen LogP contribution in [-0.4, -0.2) is 37.0 Å². The third-order valence-corrected chi connectivity index (χ3v) is 6.32. The molecule has 0 spiro atoms. The van der Waals surface area contributed by atoms with Gasteiger partial charge in [-0.2, -0.15) is 5.26 Å². The van der Waals surface area contributed by atoms with Crippen molar-refractivity contribution in [2.24, 2.45) is 0 Å². The number of imide groups is 1. The second kappa shape index (κ2) is 13.3. The number of nitriles is 1. The van der Waals surface area contributed by atoms with Crippen molar-refractivity contribution in [1.82, 2.24) is 4.90 Å². The zero-order valence-corrected chi connectivity index (χ0v) is 21.4. The minimum Gasteiger partial charge on any atom is -0.497 e. The first kappa shape index (κ1) is 26.7. The molecule has 1 heterocycles. The SMILES string of the molecule is CCCCCCCOc1ccc(/C=C2/C(=O)N(CCc3ccc(OC)cc3)C(=O)C(C#N)=C2C)cc1. The first-order valence-electron chi connectivity index (χ1n) is 12.5. The lowest BCUT2D eigenvalue weighted by Crippen LogP contribution is -2.43. The standard InChI is InChI=1S/C30H34N2O4/c1-4-5-6-7-8-19-36-26-15-11-24(12-16-26)20-27-22(2)28(21-31)30(34)32(29(27)33)18-17-23-9-13-25(35-3)14-10-23/h9-16,20H,4-8,17-19H2,1-3H3/b27-20+. The molecule has 3 rings (SSSR count). The highest BCUT2D eigenvalue weighted by Crippen LogP contribution is 2.28. The van der Waals surface area contributed by atoms with Gasteiger partial charge in [-0.15, -0.1) is 0 Å². The molecule has 36 heavy (non-hydrogen) atoms. The Kier molecular flexibility index (Phi) is 9.88.